The summed E-state index contributed by atoms with van der Waals surface area (Å²) in [7, 11) is 3.14. The fourth-order valence-electron chi connectivity index (χ4n) is 4.06. The van der Waals surface area contributed by atoms with Gasteiger partial charge in [0.05, 0.1) is 25.5 Å². The van der Waals surface area contributed by atoms with Crippen molar-refractivity contribution < 1.29 is 19.1 Å². The predicted molar refractivity (Wildman–Crippen MR) is 131 cm³/mol. The lowest BCUT2D eigenvalue weighted by atomic mass is 10.0. The van der Waals surface area contributed by atoms with E-state index in [4.69, 9.17) is 9.47 Å². The van der Waals surface area contributed by atoms with Crippen LogP contribution < -0.4 is 14.4 Å². The number of pyridine rings is 1. The van der Waals surface area contributed by atoms with Crippen LogP contribution in [0.15, 0.2) is 78.8 Å². The van der Waals surface area contributed by atoms with Crippen molar-refractivity contribution in [2.24, 2.45) is 0 Å². The normalized spacial score (nSPS) is 13.4. The first-order valence-corrected chi connectivity index (χ1v) is 11.1. The van der Waals surface area contributed by atoms with Crippen molar-refractivity contribution in [3.63, 3.8) is 0 Å². The Kier molecular flexibility index (Phi) is 6.92. The van der Waals surface area contributed by atoms with Crippen LogP contribution in [0.3, 0.4) is 0 Å². The van der Waals surface area contributed by atoms with Crippen LogP contribution in [0, 0.1) is 0 Å². The van der Waals surface area contributed by atoms with Crippen molar-refractivity contribution >= 4 is 23.1 Å². The highest BCUT2D eigenvalue weighted by Crippen LogP contribution is 2.36. The zero-order valence-electron chi connectivity index (χ0n) is 19.5. The largest absolute Gasteiger partial charge is 0.497 e. The van der Waals surface area contributed by atoms with Gasteiger partial charge in [-0.1, -0.05) is 18.2 Å². The number of nitrogens with zero attached hydrogens (tertiary/aromatic N) is 3. The minimum atomic E-state index is -0.360. The number of methoxy groups -OCH3 is 2. The number of rotatable bonds is 9. The number of ether oxygens (including phenoxy) is 2. The molecule has 0 atom stereocenters. The molecule has 0 aliphatic carbocycles. The molecule has 3 aromatic rings. The number of aromatic nitrogens is 1. The van der Waals surface area contributed by atoms with Gasteiger partial charge in [-0.15, -0.1) is 0 Å². The summed E-state index contributed by atoms with van der Waals surface area (Å²) in [4.78, 5) is 34.7. The van der Waals surface area contributed by atoms with Crippen LogP contribution in [-0.4, -0.2) is 49.0 Å². The second-order valence-electron chi connectivity index (χ2n) is 7.78. The van der Waals surface area contributed by atoms with Crippen molar-refractivity contribution in [3.8, 4) is 11.5 Å². The van der Waals surface area contributed by atoms with Gasteiger partial charge >= 0.3 is 0 Å². The van der Waals surface area contributed by atoms with Gasteiger partial charge in [0.15, 0.2) is 0 Å². The topological polar surface area (TPSA) is 72.0 Å². The van der Waals surface area contributed by atoms with Crippen LogP contribution in [0.1, 0.15) is 18.1 Å². The molecule has 0 bridgehead atoms. The van der Waals surface area contributed by atoms with E-state index in [2.05, 4.69) is 4.98 Å². The first-order valence-electron chi connectivity index (χ1n) is 11.1. The molecule has 2 heterocycles. The maximum absolute atomic E-state index is 13.8. The number of imide groups is 1. The molecule has 0 N–H and O–H groups in total. The fraction of sp³-hybridized carbons (Fsp3) is 0.222. The highest BCUT2D eigenvalue weighted by atomic mass is 16.5. The summed E-state index contributed by atoms with van der Waals surface area (Å²) in [6.07, 6.45) is 4.22. The molecule has 174 valence electrons. The summed E-state index contributed by atoms with van der Waals surface area (Å²) in [6.45, 7) is 3.14. The van der Waals surface area contributed by atoms with E-state index in [1.165, 1.54) is 4.90 Å². The number of carbonyl (C=O) groups is 2. The van der Waals surface area contributed by atoms with Crippen LogP contribution in [0.4, 0.5) is 5.69 Å². The van der Waals surface area contributed by atoms with E-state index in [9.17, 15) is 9.59 Å². The van der Waals surface area contributed by atoms with Crippen LogP contribution in [0.5, 0.6) is 11.5 Å². The second-order valence-corrected chi connectivity index (χ2v) is 7.78. The van der Waals surface area contributed by atoms with Gasteiger partial charge in [-0.2, -0.15) is 0 Å². The van der Waals surface area contributed by atoms with Crippen molar-refractivity contribution in [2.45, 2.75) is 13.3 Å². The standard InChI is InChI=1S/C27H27N3O4/c1-4-29(17-14-19-12-15-28-16-13-19)25-24(20-8-10-22(33-2)11-9-20)26(31)30(27(25)32)21-6-5-7-23(18-21)34-3/h5-13,15-16,18H,4,14,17H2,1-3H3. The molecule has 2 aromatic carbocycles. The maximum Gasteiger partial charge on any atom is 0.282 e. The van der Waals surface area contributed by atoms with Gasteiger partial charge in [0, 0.05) is 31.5 Å². The number of hydrogen-bond acceptors (Lipinski definition) is 6. The molecule has 1 aliphatic rings. The van der Waals surface area contributed by atoms with E-state index in [0.717, 1.165) is 12.0 Å². The lowest BCUT2D eigenvalue weighted by molar-refractivity contribution is -0.120. The minimum Gasteiger partial charge on any atom is -0.497 e. The Balaban J connectivity index is 1.76. The number of likely N-dealkylation sites (N-methyl/N-ethyl adjacent to an activating group) is 1. The Morgan fingerprint density at radius 3 is 2.24 bits per heavy atom. The SMILES string of the molecule is CCN(CCc1ccncc1)C1=C(c2ccc(OC)cc2)C(=O)N(c2cccc(OC)c2)C1=O. The molecule has 0 radical (unpaired) electrons. The molecule has 4 rings (SSSR count). The first-order chi connectivity index (χ1) is 16.6. The van der Waals surface area contributed by atoms with Gasteiger partial charge in [0.25, 0.3) is 11.8 Å². The molecule has 0 saturated carbocycles. The van der Waals surface area contributed by atoms with Gasteiger partial charge in [0.1, 0.15) is 17.2 Å². The Morgan fingerprint density at radius 2 is 1.59 bits per heavy atom. The number of amides is 2. The van der Waals surface area contributed by atoms with Gasteiger partial charge in [-0.3, -0.25) is 14.6 Å². The van der Waals surface area contributed by atoms with E-state index >= 15 is 0 Å². The van der Waals surface area contributed by atoms with E-state index in [1.807, 2.05) is 36.1 Å². The van der Waals surface area contributed by atoms with Crippen LogP contribution in [-0.2, 0) is 16.0 Å². The zero-order valence-corrected chi connectivity index (χ0v) is 19.5. The quantitative estimate of drug-likeness (QED) is 0.453. The molecule has 1 aliphatic heterocycles. The van der Waals surface area contributed by atoms with E-state index < -0.39 is 0 Å². The van der Waals surface area contributed by atoms with Crippen molar-refractivity contribution in [2.75, 3.05) is 32.2 Å². The summed E-state index contributed by atoms with van der Waals surface area (Å²) < 4.78 is 10.6. The summed E-state index contributed by atoms with van der Waals surface area (Å²) in [6, 6.07) is 18.1. The predicted octanol–water partition coefficient (Wildman–Crippen LogP) is 3.95. The van der Waals surface area contributed by atoms with Gasteiger partial charge in [0.2, 0.25) is 0 Å². The van der Waals surface area contributed by atoms with Crippen molar-refractivity contribution in [3.05, 3.63) is 89.9 Å². The van der Waals surface area contributed by atoms with Gasteiger partial charge in [-0.25, -0.2) is 4.90 Å². The lowest BCUT2D eigenvalue weighted by Crippen LogP contribution is -2.36. The average Bonchev–Trinajstić information content (AvgIpc) is 3.15. The van der Waals surface area contributed by atoms with Crippen molar-refractivity contribution in [1.82, 2.24) is 9.88 Å². The molecule has 1 aromatic heterocycles. The number of benzene rings is 2. The minimum absolute atomic E-state index is 0.347. The third kappa shape index (κ3) is 4.50. The van der Waals surface area contributed by atoms with E-state index in [0.29, 0.717) is 47.1 Å². The van der Waals surface area contributed by atoms with Crippen LogP contribution in [0.25, 0.3) is 5.57 Å². The third-order valence-corrected chi connectivity index (χ3v) is 5.87. The summed E-state index contributed by atoms with van der Waals surface area (Å²) in [5.41, 5.74) is 3.03. The average molecular weight is 458 g/mol. The molecular formula is C27H27N3O4. The van der Waals surface area contributed by atoms with Crippen LogP contribution >= 0.6 is 0 Å². The first kappa shape index (κ1) is 23.0. The fourth-order valence-corrected chi connectivity index (χ4v) is 4.06. The lowest BCUT2D eigenvalue weighted by Gasteiger charge is -2.25. The highest BCUT2D eigenvalue weighted by molar-refractivity contribution is 6.45. The molecule has 7 heteroatoms. The summed E-state index contributed by atoms with van der Waals surface area (Å²) in [5, 5.41) is 0. The molecule has 34 heavy (non-hydrogen) atoms. The molecule has 0 fully saturated rings. The maximum atomic E-state index is 13.8. The molecule has 2 amide bonds. The number of anilines is 1. The van der Waals surface area contributed by atoms with Gasteiger partial charge in [-0.05, 0) is 60.9 Å². The van der Waals surface area contributed by atoms with Crippen LogP contribution in [0.2, 0.25) is 0 Å². The van der Waals surface area contributed by atoms with Crippen molar-refractivity contribution in [1.29, 1.82) is 0 Å². The monoisotopic (exact) mass is 457 g/mol. The molecule has 0 unspecified atom stereocenters. The third-order valence-electron chi connectivity index (χ3n) is 5.87. The Hall–Kier alpha value is -4.13. The van der Waals surface area contributed by atoms with E-state index in [1.54, 1.807) is 63.0 Å². The molecule has 0 spiro atoms. The number of hydrogen-bond donors (Lipinski definition) is 0. The Morgan fingerprint density at radius 1 is 0.882 bits per heavy atom. The number of carbonyl (C=O) groups excluding carboxylic acids is 2. The Labute approximate surface area is 199 Å². The zero-order chi connectivity index (χ0) is 24.1. The Bertz CT molecular complexity index is 1210. The summed E-state index contributed by atoms with van der Waals surface area (Å²) >= 11 is 0. The summed E-state index contributed by atoms with van der Waals surface area (Å²) in [5.74, 6) is 0.543. The molecule has 7 nitrogen and oxygen atoms in total. The van der Waals surface area contributed by atoms with E-state index in [-0.39, 0.29) is 11.8 Å². The second kappa shape index (κ2) is 10.2. The molecular weight excluding hydrogens is 430 g/mol. The van der Waals surface area contributed by atoms with Gasteiger partial charge < -0.3 is 14.4 Å². The molecule has 0 saturated heterocycles. The smallest absolute Gasteiger partial charge is 0.282 e. The highest BCUT2D eigenvalue weighted by Gasteiger charge is 2.42.